The maximum atomic E-state index is 11.8. The molecule has 0 aliphatic heterocycles. The molecule has 0 aliphatic carbocycles. The standard InChI is InChI=1S/C9H20.C7H7F5OS/c1-3-5-7-9-8-6-4-2;1-6-3-2-4-7(5-6)13-14(8,9,10,11)12/h3-9H2,1-2H3;2-5H,1H3. The van der Waals surface area contributed by atoms with Gasteiger partial charge in [-0.2, -0.15) is 0 Å². The molecule has 138 valence electrons. The average molecular weight is 362 g/mol. The van der Waals surface area contributed by atoms with E-state index in [1.54, 1.807) is 0 Å². The first kappa shape index (κ1) is 22.0. The number of hydrogen-bond acceptors (Lipinski definition) is 1. The maximum absolute atomic E-state index is 11.8. The summed E-state index contributed by atoms with van der Waals surface area (Å²) in [5.74, 6) is -0.899. The van der Waals surface area contributed by atoms with Gasteiger partial charge in [0.15, 0.2) is 0 Å². The Morgan fingerprint density at radius 1 is 0.826 bits per heavy atom. The molecule has 1 nitrogen and oxygen atoms in total. The van der Waals surface area contributed by atoms with E-state index in [-0.39, 0.29) is 0 Å². The van der Waals surface area contributed by atoms with Gasteiger partial charge in [0.05, 0.1) is 0 Å². The van der Waals surface area contributed by atoms with Gasteiger partial charge < -0.3 is 4.18 Å². The predicted octanol–water partition coefficient (Wildman–Crippen LogP) is 8.34. The molecule has 7 heteroatoms. The fourth-order valence-corrected chi connectivity index (χ4v) is 2.35. The second-order valence-corrected chi connectivity index (χ2v) is 7.53. The molecule has 0 bridgehead atoms. The minimum atomic E-state index is -9.81. The quantitative estimate of drug-likeness (QED) is 0.333. The van der Waals surface area contributed by atoms with Gasteiger partial charge >= 0.3 is 10.5 Å². The van der Waals surface area contributed by atoms with Crippen molar-refractivity contribution in [2.24, 2.45) is 0 Å². The topological polar surface area (TPSA) is 9.23 Å². The van der Waals surface area contributed by atoms with E-state index in [0.717, 1.165) is 12.1 Å². The van der Waals surface area contributed by atoms with E-state index in [1.165, 1.54) is 64.0 Å². The molecule has 0 N–H and O–H groups in total. The van der Waals surface area contributed by atoms with Gasteiger partial charge in [-0.15, -0.1) is 0 Å². The van der Waals surface area contributed by atoms with Gasteiger partial charge in [-0.25, -0.2) is 0 Å². The number of aryl methyl sites for hydroxylation is 1. The van der Waals surface area contributed by atoms with Crippen molar-refractivity contribution in [1.29, 1.82) is 0 Å². The Morgan fingerprint density at radius 2 is 1.30 bits per heavy atom. The normalized spacial score (nSPS) is 14.3. The Hall–Kier alpha value is -0.980. The van der Waals surface area contributed by atoms with Gasteiger partial charge in [0.2, 0.25) is 0 Å². The first-order chi connectivity index (χ1) is 10.4. The molecule has 0 saturated heterocycles. The van der Waals surface area contributed by atoms with Crippen LogP contribution in [0.3, 0.4) is 0 Å². The third-order valence-corrected chi connectivity index (χ3v) is 3.46. The van der Waals surface area contributed by atoms with Gasteiger partial charge in [0.1, 0.15) is 5.75 Å². The molecule has 0 radical (unpaired) electrons. The minimum absolute atomic E-state index is 0.407. The van der Waals surface area contributed by atoms with Gasteiger partial charge in [-0.3, -0.25) is 0 Å². The summed E-state index contributed by atoms with van der Waals surface area (Å²) in [6, 6.07) is 4.38. The van der Waals surface area contributed by atoms with Gasteiger partial charge in [-0.05, 0) is 24.6 Å². The van der Waals surface area contributed by atoms with Crippen LogP contribution in [0.1, 0.15) is 64.4 Å². The molecule has 0 aromatic heterocycles. The molecular formula is C16H27F5OS. The summed E-state index contributed by atoms with van der Waals surface area (Å²) < 4.78 is 61.9. The second kappa shape index (κ2) is 8.22. The molecular weight excluding hydrogens is 335 g/mol. The number of benzene rings is 1. The van der Waals surface area contributed by atoms with E-state index < -0.39 is 16.3 Å². The van der Waals surface area contributed by atoms with Crippen LogP contribution in [0.5, 0.6) is 5.75 Å². The number of unbranched alkanes of at least 4 members (excludes halogenated alkanes) is 6. The van der Waals surface area contributed by atoms with Crippen molar-refractivity contribution in [3.63, 3.8) is 0 Å². The third kappa shape index (κ3) is 15.7. The molecule has 0 heterocycles. The van der Waals surface area contributed by atoms with Crippen molar-refractivity contribution in [2.75, 3.05) is 0 Å². The fourth-order valence-electron chi connectivity index (χ4n) is 1.88. The molecule has 1 rings (SSSR count). The van der Waals surface area contributed by atoms with Crippen LogP contribution in [0.15, 0.2) is 24.3 Å². The monoisotopic (exact) mass is 362 g/mol. The highest BCUT2D eigenvalue weighted by Gasteiger charge is 2.67. The summed E-state index contributed by atoms with van der Waals surface area (Å²) in [4.78, 5) is 0. The lowest BCUT2D eigenvalue weighted by molar-refractivity contribution is 0.243. The van der Waals surface area contributed by atoms with Crippen LogP contribution >= 0.6 is 10.5 Å². The second-order valence-electron chi connectivity index (χ2n) is 5.57. The van der Waals surface area contributed by atoms with E-state index in [4.69, 9.17) is 0 Å². The summed E-state index contributed by atoms with van der Waals surface area (Å²) in [6.07, 6.45) is 9.97. The predicted molar refractivity (Wildman–Crippen MR) is 88.6 cm³/mol. The Kier molecular flexibility index (Phi) is 7.87. The zero-order valence-electron chi connectivity index (χ0n) is 14.0. The van der Waals surface area contributed by atoms with Gasteiger partial charge in [0, 0.05) is 0 Å². The van der Waals surface area contributed by atoms with E-state index in [1.807, 2.05) is 0 Å². The maximum Gasteiger partial charge on any atom is 0.435 e. The Balaban J connectivity index is 0.000000468. The van der Waals surface area contributed by atoms with Crippen molar-refractivity contribution < 1.29 is 23.6 Å². The molecule has 0 fully saturated rings. The summed E-state index contributed by atoms with van der Waals surface area (Å²) in [5, 5.41) is 0. The molecule has 0 aliphatic rings. The highest BCUT2D eigenvalue weighted by atomic mass is 32.5. The zero-order valence-corrected chi connectivity index (χ0v) is 14.8. The molecule has 0 saturated carbocycles. The Bertz CT molecular complexity index is 452. The average Bonchev–Trinajstić information content (AvgIpc) is 2.36. The lowest BCUT2D eigenvalue weighted by Crippen LogP contribution is -2.13. The molecule has 0 amide bonds. The third-order valence-electron chi connectivity index (χ3n) is 2.95. The number of halogens is 5. The smallest absolute Gasteiger partial charge is 0.355 e. The van der Waals surface area contributed by atoms with E-state index in [9.17, 15) is 19.4 Å². The number of hydrogen-bond donors (Lipinski definition) is 0. The highest BCUT2D eigenvalue weighted by molar-refractivity contribution is 8.42. The largest absolute Gasteiger partial charge is 0.435 e. The number of rotatable bonds is 8. The molecule has 1 aromatic carbocycles. The van der Waals surface area contributed by atoms with Crippen LogP contribution in [0.4, 0.5) is 19.4 Å². The minimum Gasteiger partial charge on any atom is -0.355 e. The molecule has 0 spiro atoms. The van der Waals surface area contributed by atoms with Crippen LogP contribution in [0, 0.1) is 6.92 Å². The Labute approximate surface area is 136 Å². The molecule has 0 atom stereocenters. The van der Waals surface area contributed by atoms with Crippen molar-refractivity contribution in [3.05, 3.63) is 29.8 Å². The van der Waals surface area contributed by atoms with E-state index in [2.05, 4.69) is 18.0 Å². The molecule has 0 unspecified atom stereocenters. The summed E-state index contributed by atoms with van der Waals surface area (Å²) >= 11 is 0. The van der Waals surface area contributed by atoms with Crippen molar-refractivity contribution in [3.8, 4) is 5.75 Å². The Morgan fingerprint density at radius 3 is 1.70 bits per heavy atom. The SMILES string of the molecule is CCCCCCCCC.Cc1cccc(OS(F)(F)(F)(F)F)c1. The summed E-state index contributed by atoms with van der Waals surface area (Å²) in [7, 11) is -9.81. The first-order valence-electron chi connectivity index (χ1n) is 7.88. The van der Waals surface area contributed by atoms with Crippen molar-refractivity contribution >= 4 is 10.5 Å². The van der Waals surface area contributed by atoms with Crippen LogP contribution in [0.25, 0.3) is 0 Å². The van der Waals surface area contributed by atoms with Gasteiger partial charge in [0.25, 0.3) is 0 Å². The van der Waals surface area contributed by atoms with Crippen LogP contribution < -0.4 is 4.18 Å². The molecule has 1 aromatic rings. The first-order valence-corrected chi connectivity index (χ1v) is 9.75. The van der Waals surface area contributed by atoms with Crippen molar-refractivity contribution in [1.82, 2.24) is 0 Å². The van der Waals surface area contributed by atoms with E-state index in [0.29, 0.717) is 5.56 Å². The summed E-state index contributed by atoms with van der Waals surface area (Å²) in [6.45, 7) is 6.00. The fraction of sp³-hybridized carbons (Fsp3) is 0.625. The van der Waals surface area contributed by atoms with Crippen LogP contribution in [0.2, 0.25) is 0 Å². The zero-order chi connectivity index (χ0) is 18.0. The summed E-state index contributed by atoms with van der Waals surface area (Å²) in [5.41, 5.74) is 0.407. The highest BCUT2D eigenvalue weighted by Crippen LogP contribution is 2.97. The van der Waals surface area contributed by atoms with Crippen LogP contribution in [-0.2, 0) is 0 Å². The lowest BCUT2D eigenvalue weighted by Gasteiger charge is -2.39. The lowest BCUT2D eigenvalue weighted by atomic mass is 10.1. The van der Waals surface area contributed by atoms with Crippen LogP contribution in [-0.4, -0.2) is 0 Å². The van der Waals surface area contributed by atoms with E-state index >= 15 is 0 Å². The molecule has 23 heavy (non-hydrogen) atoms. The van der Waals surface area contributed by atoms with Gasteiger partial charge in [-0.1, -0.05) is 90.4 Å². The van der Waals surface area contributed by atoms with Crippen molar-refractivity contribution in [2.45, 2.75) is 65.7 Å².